The van der Waals surface area contributed by atoms with Gasteiger partial charge in [0.25, 0.3) is 23.5 Å². The molecule has 0 unspecified atom stereocenters. The SMILES string of the molecule is C.[C-]#[N+]c1ncc(N2C(=O)C3(CCC3)N(c3ccc(C(=O)OC)c(F)c3)C2=S)cc1C.[C-]#[N+]c1ncc(N2C(=O)C3(CCC3)N(c3ccc(I)c(F)c3)C2=S)cc1C.[I][V][I]. The molecule has 2 aromatic carbocycles. The Bertz CT molecular complexity index is 2550. The summed E-state index contributed by atoms with van der Waals surface area (Å²) in [6, 6.07) is 12.4. The number of ether oxygens (including phenoxy) is 1. The number of nitrogens with zero attached hydrogens (tertiary/aromatic N) is 8. The molecule has 2 saturated carbocycles. The number of carbonyl (C=O) groups excluding carboxylic acids is 3. The monoisotopic (exact) mass is 1240 g/mol. The number of carbonyl (C=O) groups is 3. The van der Waals surface area contributed by atoms with Crippen LogP contribution in [0.1, 0.15) is 67.4 Å². The molecule has 2 amide bonds. The van der Waals surface area contributed by atoms with E-state index in [0.29, 0.717) is 83.5 Å². The molecule has 0 atom stereocenters. The van der Waals surface area contributed by atoms with Gasteiger partial charge < -0.3 is 24.2 Å². The van der Waals surface area contributed by atoms with Crippen LogP contribution in [0.15, 0.2) is 60.9 Å². The van der Waals surface area contributed by atoms with E-state index < -0.39 is 22.9 Å². The molecule has 315 valence electrons. The van der Waals surface area contributed by atoms with Crippen molar-refractivity contribution in [3.8, 4) is 0 Å². The molecule has 2 aliphatic carbocycles. The summed E-state index contributed by atoms with van der Waals surface area (Å²) in [6.07, 6.45) is 7.20. The first-order valence-electron chi connectivity index (χ1n) is 18.0. The standard InChI is InChI=1S/C21H17FN4O3S.C19H14FIN4OS.CH4.2HI.V/c1-12-9-14(11-24-17(12)23-2)25-19(28)21(7-4-8-21)26(20(25)30)13-5-6-15(16(22)10-13)18(27)29-3;1-11-8-13(10-23-16(11)22-2)24-17(26)19(6-3-7-19)25(18(24)27)12-4-5-15(21)14(20)9-12;;;;/h5-6,9-11H,4,7-8H2,1,3H3;4-5,8-10H,3,6-7H2,1H3;1H4;2*1H;/q;;;;;+2/p-2. The van der Waals surface area contributed by atoms with E-state index >= 15 is 0 Å². The fraction of sp³-hybridized carbons (Fsp3) is 0.293. The maximum atomic E-state index is 14.6. The first-order valence-corrected chi connectivity index (χ1v) is 28.9. The Morgan fingerprint density at radius 2 is 1.18 bits per heavy atom. The molecule has 4 aromatic rings. The van der Waals surface area contributed by atoms with E-state index in [2.05, 4.69) is 64.4 Å². The minimum absolute atomic E-state index is 0. The van der Waals surface area contributed by atoms with Crippen molar-refractivity contribution in [2.24, 2.45) is 0 Å². The first-order chi connectivity index (χ1) is 28.6. The molecule has 4 fully saturated rings. The summed E-state index contributed by atoms with van der Waals surface area (Å²) in [4.78, 5) is 59.7. The minimum atomic E-state index is -0.886. The number of aromatic nitrogens is 2. The second kappa shape index (κ2) is 19.9. The molecule has 4 heterocycles. The Morgan fingerprint density at radius 1 is 0.770 bits per heavy atom. The summed E-state index contributed by atoms with van der Waals surface area (Å²) in [7, 11) is 1.81. The van der Waals surface area contributed by atoms with Gasteiger partial charge in [0.05, 0.1) is 24.0 Å². The van der Waals surface area contributed by atoms with Crippen LogP contribution in [0.3, 0.4) is 0 Å². The quantitative estimate of drug-likeness (QED) is 0.0830. The zero-order valence-electron chi connectivity index (χ0n) is 31.9. The summed E-state index contributed by atoms with van der Waals surface area (Å²) in [5, 5.41) is 0.527. The van der Waals surface area contributed by atoms with Crippen LogP contribution >= 0.6 is 87.0 Å². The van der Waals surface area contributed by atoms with Gasteiger partial charge >= 0.3 is 55.4 Å². The third kappa shape index (κ3) is 8.76. The predicted molar refractivity (Wildman–Crippen MR) is 260 cm³/mol. The average molecular weight is 1240 g/mol. The van der Waals surface area contributed by atoms with Gasteiger partial charge in [0.15, 0.2) is 10.2 Å². The Hall–Kier alpha value is -3.46. The van der Waals surface area contributed by atoms with Crippen LogP contribution in [0.5, 0.6) is 0 Å². The molecule has 0 N–H and O–H groups in total. The zero-order valence-corrected chi connectivity index (χ0v) is 41.4. The van der Waals surface area contributed by atoms with Crippen LogP contribution < -0.4 is 19.6 Å². The number of anilines is 4. The molecule has 0 radical (unpaired) electrons. The summed E-state index contributed by atoms with van der Waals surface area (Å²) in [6.45, 7) is 17.8. The number of amides is 2. The van der Waals surface area contributed by atoms with E-state index in [1.807, 2.05) is 22.6 Å². The van der Waals surface area contributed by atoms with Crippen LogP contribution in [0.4, 0.5) is 43.2 Å². The van der Waals surface area contributed by atoms with Gasteiger partial charge in [-0.25, -0.2) is 13.6 Å². The average Bonchev–Trinajstić information content (AvgIpc) is 3.58. The van der Waals surface area contributed by atoms with E-state index in [9.17, 15) is 23.2 Å². The van der Waals surface area contributed by atoms with Gasteiger partial charge in [-0.2, -0.15) is 0 Å². The van der Waals surface area contributed by atoms with Crippen molar-refractivity contribution in [2.75, 3.05) is 26.7 Å². The number of hydrogen-bond donors (Lipinski definition) is 0. The number of rotatable bonds is 5. The van der Waals surface area contributed by atoms with Gasteiger partial charge in [0, 0.05) is 14.9 Å². The van der Waals surface area contributed by atoms with E-state index in [4.69, 9.17) is 37.6 Å². The van der Waals surface area contributed by atoms with Gasteiger partial charge in [0.1, 0.15) is 35.1 Å². The Labute approximate surface area is 405 Å². The molecule has 2 aliphatic heterocycles. The number of thiocarbonyl (C=S) groups is 2. The second-order valence-electron chi connectivity index (χ2n) is 14.0. The Morgan fingerprint density at radius 3 is 1.51 bits per heavy atom. The maximum absolute atomic E-state index is 14.6. The van der Waals surface area contributed by atoms with Crippen molar-refractivity contribution in [3.05, 3.63) is 116 Å². The topological polar surface area (TPSA) is 108 Å². The number of aryl methyl sites for hydroxylation is 2. The predicted octanol–water partition coefficient (Wildman–Crippen LogP) is 11.1. The molecule has 20 heteroatoms. The van der Waals surface area contributed by atoms with Gasteiger partial charge in [-0.3, -0.25) is 19.4 Å². The first kappa shape index (κ1) is 48.6. The number of methoxy groups -OCH3 is 1. The molecule has 12 nitrogen and oxygen atoms in total. The molecule has 8 rings (SSSR count). The molecule has 2 spiro atoms. The summed E-state index contributed by atoms with van der Waals surface area (Å²) >= 11 is 18.0. The molecule has 2 saturated heterocycles. The molecule has 2 aromatic heterocycles. The van der Waals surface area contributed by atoms with Gasteiger partial charge in [-0.05, 0) is 159 Å². The summed E-state index contributed by atoms with van der Waals surface area (Å²) < 4.78 is 33.9. The fourth-order valence-electron chi connectivity index (χ4n) is 7.54. The van der Waals surface area contributed by atoms with Crippen LogP contribution in [-0.2, 0) is 23.8 Å². The van der Waals surface area contributed by atoms with E-state index in [0.717, 1.165) is 12.8 Å². The normalized spacial score (nSPS) is 16.6. The summed E-state index contributed by atoms with van der Waals surface area (Å²) in [5.41, 5.74) is 1.45. The van der Waals surface area contributed by atoms with Crippen LogP contribution in [0.25, 0.3) is 9.69 Å². The molecule has 4 aliphatic rings. The molecule has 61 heavy (non-hydrogen) atoms. The van der Waals surface area contributed by atoms with E-state index in [-0.39, 0.29) is 41.6 Å². The van der Waals surface area contributed by atoms with Gasteiger partial charge in [-0.1, -0.05) is 20.6 Å². The number of halogens is 5. The van der Waals surface area contributed by atoms with E-state index in [1.54, 1.807) is 54.0 Å². The van der Waals surface area contributed by atoms with Crippen molar-refractivity contribution >= 4 is 149 Å². The van der Waals surface area contributed by atoms with Crippen molar-refractivity contribution in [1.29, 1.82) is 0 Å². The Kier molecular flexibility index (Phi) is 15.9. The molecular formula is C41H35F2I3N8O4S2V. The number of pyridine rings is 2. The van der Waals surface area contributed by atoms with E-state index in [1.165, 1.54) is 47.5 Å². The number of benzene rings is 2. The fourth-order valence-corrected chi connectivity index (χ4v) is 8.82. The number of hydrogen-bond acceptors (Lipinski definition) is 8. The van der Waals surface area contributed by atoms with Crippen molar-refractivity contribution < 1.29 is 37.4 Å². The van der Waals surface area contributed by atoms with Gasteiger partial charge in [0.2, 0.25) is 0 Å². The van der Waals surface area contributed by atoms with Crippen molar-refractivity contribution in [2.45, 2.75) is 70.9 Å². The molecule has 0 bridgehead atoms. The van der Waals surface area contributed by atoms with Crippen LogP contribution in [0.2, 0.25) is 0 Å². The summed E-state index contributed by atoms with van der Waals surface area (Å²) in [5.74, 6) is -1.63. The third-order valence-electron chi connectivity index (χ3n) is 10.8. The van der Waals surface area contributed by atoms with Crippen LogP contribution in [0, 0.1) is 42.2 Å². The number of esters is 1. The van der Waals surface area contributed by atoms with Crippen LogP contribution in [-0.4, -0.2) is 56.2 Å². The zero-order chi connectivity index (χ0) is 43.7. The van der Waals surface area contributed by atoms with Gasteiger partial charge in [-0.15, -0.1) is 9.97 Å². The van der Waals surface area contributed by atoms with Crippen molar-refractivity contribution in [1.82, 2.24) is 9.97 Å². The van der Waals surface area contributed by atoms with Crippen molar-refractivity contribution in [3.63, 3.8) is 0 Å². The molecular weight excluding hydrogens is 1200 g/mol. The Balaban J connectivity index is 0.000000215. The second-order valence-corrected chi connectivity index (χ2v) is 27.7. The third-order valence-corrected chi connectivity index (χ3v) is 12.4.